The van der Waals surface area contributed by atoms with Gasteiger partial charge in [-0.25, -0.2) is 8.78 Å². The van der Waals surface area contributed by atoms with E-state index >= 15 is 0 Å². The number of nitrogens with one attached hydrogen (secondary N) is 1. The van der Waals surface area contributed by atoms with Crippen LogP contribution in [-0.2, 0) is 10.2 Å². The van der Waals surface area contributed by atoms with Crippen molar-refractivity contribution in [3.05, 3.63) is 29.8 Å². The van der Waals surface area contributed by atoms with Gasteiger partial charge in [0.15, 0.2) is 11.6 Å². The van der Waals surface area contributed by atoms with Crippen LogP contribution in [0.15, 0.2) is 18.2 Å². The minimum atomic E-state index is -3.52. The van der Waals surface area contributed by atoms with E-state index in [9.17, 15) is 17.2 Å². The van der Waals surface area contributed by atoms with E-state index in [0.717, 1.165) is 16.4 Å². The number of ether oxygens (including phenoxy) is 1. The summed E-state index contributed by atoms with van der Waals surface area (Å²) in [6.45, 7) is -0.0764. The molecule has 0 amide bonds. The molecule has 0 aliphatic rings. The third-order valence-corrected chi connectivity index (χ3v) is 3.55. The molecule has 0 radical (unpaired) electrons. The van der Waals surface area contributed by atoms with Gasteiger partial charge in [0.2, 0.25) is 0 Å². The normalized spacial score (nSPS) is 11.8. The summed E-state index contributed by atoms with van der Waals surface area (Å²) in [7, 11) is -0.764. The summed E-state index contributed by atoms with van der Waals surface area (Å²) in [5.41, 5.74) is 0. The van der Waals surface area contributed by atoms with Crippen molar-refractivity contribution in [1.82, 2.24) is 9.03 Å². The molecule has 1 aromatic rings. The number of nitrogens with zero attached hydrogens (tertiary/aromatic N) is 1. The fraction of sp³-hybridized carbons (Fsp3) is 0.400. The topological polar surface area (TPSA) is 58.6 Å². The van der Waals surface area contributed by atoms with Gasteiger partial charge in [-0.1, -0.05) is 0 Å². The molecule has 0 aliphatic carbocycles. The number of rotatable bonds is 6. The Hall–Kier alpha value is -1.25. The maximum absolute atomic E-state index is 13.1. The largest absolute Gasteiger partial charge is 0.489 e. The minimum absolute atomic E-state index is 0.0165. The Morgan fingerprint density at radius 1 is 1.33 bits per heavy atom. The standard InChI is InChI=1S/C10H14F2N2O3S/c1-14(2)18(15,16)13-5-6-17-10-4-3-8(11)7-9(10)12/h3-4,7,13H,5-6H2,1-2H3. The highest BCUT2D eigenvalue weighted by atomic mass is 32.2. The van der Waals surface area contributed by atoms with E-state index in [4.69, 9.17) is 4.74 Å². The lowest BCUT2D eigenvalue weighted by Gasteiger charge is -2.12. The molecule has 5 nitrogen and oxygen atoms in total. The van der Waals surface area contributed by atoms with Crippen molar-refractivity contribution in [3.63, 3.8) is 0 Å². The summed E-state index contributed by atoms with van der Waals surface area (Å²) in [5, 5.41) is 0. The van der Waals surface area contributed by atoms with Crippen LogP contribution in [0.5, 0.6) is 5.75 Å². The molecular formula is C10H14F2N2O3S. The third kappa shape index (κ3) is 4.21. The molecule has 0 spiro atoms. The molecule has 0 heterocycles. The summed E-state index contributed by atoms with van der Waals surface area (Å²) in [6.07, 6.45) is 0. The number of hydrogen-bond donors (Lipinski definition) is 1. The minimum Gasteiger partial charge on any atom is -0.489 e. The first kappa shape index (κ1) is 14.8. The molecule has 0 saturated carbocycles. The van der Waals surface area contributed by atoms with Crippen molar-refractivity contribution in [1.29, 1.82) is 0 Å². The summed E-state index contributed by atoms with van der Waals surface area (Å²) < 4.78 is 56.5. The van der Waals surface area contributed by atoms with Crippen molar-refractivity contribution in [2.24, 2.45) is 0 Å². The number of benzene rings is 1. The van der Waals surface area contributed by atoms with Crippen LogP contribution in [0.4, 0.5) is 8.78 Å². The van der Waals surface area contributed by atoms with E-state index in [2.05, 4.69) is 4.72 Å². The fourth-order valence-electron chi connectivity index (χ4n) is 1.05. The Kier molecular flexibility index (Phi) is 5.00. The Balaban J connectivity index is 2.43. The van der Waals surface area contributed by atoms with E-state index in [-0.39, 0.29) is 18.9 Å². The average molecular weight is 280 g/mol. The molecule has 0 atom stereocenters. The second-order valence-electron chi connectivity index (χ2n) is 3.60. The van der Waals surface area contributed by atoms with Gasteiger partial charge in [0.05, 0.1) is 0 Å². The predicted molar refractivity (Wildman–Crippen MR) is 62.5 cm³/mol. The van der Waals surface area contributed by atoms with Crippen molar-refractivity contribution in [3.8, 4) is 5.75 Å². The first-order valence-electron chi connectivity index (χ1n) is 5.08. The van der Waals surface area contributed by atoms with Gasteiger partial charge in [-0.05, 0) is 12.1 Å². The Labute approximate surface area is 105 Å². The lowest BCUT2D eigenvalue weighted by molar-refractivity contribution is 0.304. The van der Waals surface area contributed by atoms with Gasteiger partial charge in [0, 0.05) is 26.7 Å². The van der Waals surface area contributed by atoms with Crippen LogP contribution in [0.3, 0.4) is 0 Å². The van der Waals surface area contributed by atoms with E-state index in [0.29, 0.717) is 6.07 Å². The average Bonchev–Trinajstić information content (AvgIpc) is 2.26. The predicted octanol–water partition coefficient (Wildman–Crippen LogP) is 0.740. The second kappa shape index (κ2) is 6.07. The summed E-state index contributed by atoms with van der Waals surface area (Å²) >= 11 is 0. The van der Waals surface area contributed by atoms with E-state index in [1.54, 1.807) is 0 Å². The Morgan fingerprint density at radius 2 is 2.00 bits per heavy atom. The van der Waals surface area contributed by atoms with Crippen molar-refractivity contribution in [2.45, 2.75) is 0 Å². The highest BCUT2D eigenvalue weighted by Crippen LogP contribution is 2.17. The van der Waals surface area contributed by atoms with E-state index < -0.39 is 21.8 Å². The molecule has 0 aliphatic heterocycles. The molecule has 1 rings (SSSR count). The highest BCUT2D eigenvalue weighted by molar-refractivity contribution is 7.87. The molecule has 102 valence electrons. The molecule has 1 aromatic carbocycles. The zero-order valence-electron chi connectivity index (χ0n) is 9.98. The van der Waals surface area contributed by atoms with E-state index in [1.807, 2.05) is 0 Å². The third-order valence-electron chi connectivity index (χ3n) is 2.02. The van der Waals surface area contributed by atoms with Gasteiger partial charge in [0.1, 0.15) is 12.4 Å². The first-order valence-corrected chi connectivity index (χ1v) is 6.52. The molecule has 8 heteroatoms. The van der Waals surface area contributed by atoms with Crippen LogP contribution in [0.25, 0.3) is 0 Å². The molecule has 0 aromatic heterocycles. The van der Waals surface area contributed by atoms with Crippen molar-refractivity contribution < 1.29 is 21.9 Å². The molecule has 18 heavy (non-hydrogen) atoms. The van der Waals surface area contributed by atoms with Gasteiger partial charge in [-0.2, -0.15) is 17.4 Å². The second-order valence-corrected chi connectivity index (χ2v) is 5.57. The zero-order chi connectivity index (χ0) is 13.8. The monoisotopic (exact) mass is 280 g/mol. The molecule has 0 fully saturated rings. The molecule has 0 bridgehead atoms. The molecule has 0 unspecified atom stereocenters. The maximum Gasteiger partial charge on any atom is 0.279 e. The summed E-state index contributed by atoms with van der Waals surface area (Å²) in [4.78, 5) is 0. The number of halogens is 2. The lowest BCUT2D eigenvalue weighted by Crippen LogP contribution is -2.37. The Morgan fingerprint density at radius 3 is 2.56 bits per heavy atom. The lowest BCUT2D eigenvalue weighted by atomic mass is 10.3. The zero-order valence-corrected chi connectivity index (χ0v) is 10.8. The molecule has 0 saturated heterocycles. The van der Waals surface area contributed by atoms with Crippen LogP contribution >= 0.6 is 0 Å². The Bertz CT molecular complexity index is 506. The highest BCUT2D eigenvalue weighted by Gasteiger charge is 2.12. The van der Waals surface area contributed by atoms with Crippen LogP contribution in [0, 0.1) is 11.6 Å². The van der Waals surface area contributed by atoms with Crippen molar-refractivity contribution in [2.75, 3.05) is 27.2 Å². The van der Waals surface area contributed by atoms with Crippen molar-refractivity contribution >= 4 is 10.2 Å². The van der Waals surface area contributed by atoms with Gasteiger partial charge in [0.25, 0.3) is 10.2 Å². The van der Waals surface area contributed by atoms with Gasteiger partial charge in [-0.3, -0.25) is 0 Å². The van der Waals surface area contributed by atoms with Gasteiger partial charge < -0.3 is 4.74 Å². The summed E-state index contributed by atoms with van der Waals surface area (Å²) in [5.74, 6) is -1.65. The fourth-order valence-corrected chi connectivity index (χ4v) is 1.65. The molecule has 1 N–H and O–H groups in total. The van der Waals surface area contributed by atoms with E-state index in [1.165, 1.54) is 14.1 Å². The summed E-state index contributed by atoms with van der Waals surface area (Å²) in [6, 6.07) is 2.90. The quantitative estimate of drug-likeness (QED) is 0.782. The maximum atomic E-state index is 13.1. The molecular weight excluding hydrogens is 266 g/mol. The van der Waals surface area contributed by atoms with Crippen LogP contribution in [-0.4, -0.2) is 40.0 Å². The number of hydrogen-bond acceptors (Lipinski definition) is 3. The van der Waals surface area contributed by atoms with Crippen LogP contribution < -0.4 is 9.46 Å². The van der Waals surface area contributed by atoms with Crippen LogP contribution in [0.2, 0.25) is 0 Å². The van der Waals surface area contributed by atoms with Gasteiger partial charge >= 0.3 is 0 Å². The van der Waals surface area contributed by atoms with Gasteiger partial charge in [-0.15, -0.1) is 0 Å². The van der Waals surface area contributed by atoms with Crippen LogP contribution in [0.1, 0.15) is 0 Å². The smallest absolute Gasteiger partial charge is 0.279 e. The first-order chi connectivity index (χ1) is 8.33. The SMILES string of the molecule is CN(C)S(=O)(=O)NCCOc1ccc(F)cc1F.